The first-order chi connectivity index (χ1) is 9.54. The van der Waals surface area contributed by atoms with Crippen LogP contribution >= 0.6 is 22.9 Å². The van der Waals surface area contributed by atoms with Crippen LogP contribution in [-0.4, -0.2) is 36.1 Å². The molecule has 0 aliphatic carbocycles. The maximum Gasteiger partial charge on any atom is 0.186 e. The lowest BCUT2D eigenvalue weighted by Crippen LogP contribution is -2.45. The highest BCUT2D eigenvalue weighted by atomic mass is 35.5. The van der Waals surface area contributed by atoms with Crippen LogP contribution in [0.15, 0.2) is 24.4 Å². The number of aryl methyl sites for hydroxylation is 1. The van der Waals surface area contributed by atoms with Crippen molar-refractivity contribution in [3.05, 3.63) is 35.0 Å². The van der Waals surface area contributed by atoms with Gasteiger partial charge in [-0.25, -0.2) is 4.98 Å². The molecule has 3 nitrogen and oxygen atoms in total. The van der Waals surface area contributed by atoms with Crippen molar-refractivity contribution in [2.75, 3.05) is 31.1 Å². The van der Waals surface area contributed by atoms with Gasteiger partial charge in [0, 0.05) is 36.9 Å². The Morgan fingerprint density at radius 2 is 2.00 bits per heavy atom. The fraction of sp³-hybridized carbons (Fsp3) is 0.400. The van der Waals surface area contributed by atoms with Crippen LogP contribution < -0.4 is 4.90 Å². The van der Waals surface area contributed by atoms with Crippen LogP contribution in [0, 0.1) is 6.92 Å². The van der Waals surface area contributed by atoms with Crippen molar-refractivity contribution in [3.63, 3.8) is 0 Å². The van der Waals surface area contributed by atoms with Gasteiger partial charge >= 0.3 is 0 Å². The first kappa shape index (κ1) is 13.7. The molecule has 0 radical (unpaired) electrons. The van der Waals surface area contributed by atoms with Gasteiger partial charge in [0.25, 0.3) is 0 Å². The largest absolute Gasteiger partial charge is 0.372 e. The summed E-state index contributed by atoms with van der Waals surface area (Å²) < 4.78 is 1.17. The Hall–Kier alpha value is -1.26. The van der Waals surface area contributed by atoms with Gasteiger partial charge in [-0.15, -0.1) is 0 Å². The van der Waals surface area contributed by atoms with Crippen molar-refractivity contribution in [2.24, 2.45) is 0 Å². The fourth-order valence-corrected chi connectivity index (χ4v) is 4.03. The lowest BCUT2D eigenvalue weighted by atomic mass is 10.2. The van der Waals surface area contributed by atoms with Crippen LogP contribution in [0.5, 0.6) is 0 Å². The van der Waals surface area contributed by atoms with Gasteiger partial charge < -0.3 is 9.80 Å². The highest BCUT2D eigenvalue weighted by Crippen LogP contribution is 2.33. The van der Waals surface area contributed by atoms with E-state index in [2.05, 4.69) is 30.2 Å². The number of hydrogen-bond acceptors (Lipinski definition) is 4. The second-order valence-electron chi connectivity index (χ2n) is 5.28. The summed E-state index contributed by atoms with van der Waals surface area (Å²) in [6.45, 7) is 12.2. The van der Waals surface area contributed by atoms with E-state index in [1.807, 2.05) is 12.1 Å². The molecular weight excluding hydrogens is 290 g/mol. The number of nitrogens with zero attached hydrogens (tertiary/aromatic N) is 3. The zero-order chi connectivity index (χ0) is 14.3. The minimum Gasteiger partial charge on any atom is -0.372 e. The van der Waals surface area contributed by atoms with Gasteiger partial charge in [0.1, 0.15) is 0 Å². The maximum atomic E-state index is 6.12. The van der Waals surface area contributed by atoms with E-state index in [4.69, 9.17) is 16.6 Å². The Morgan fingerprint density at radius 1 is 1.30 bits per heavy atom. The van der Waals surface area contributed by atoms with Crippen molar-refractivity contribution in [2.45, 2.75) is 13.8 Å². The smallest absolute Gasteiger partial charge is 0.186 e. The van der Waals surface area contributed by atoms with Gasteiger partial charge in [-0.1, -0.05) is 29.5 Å². The van der Waals surface area contributed by atoms with Crippen molar-refractivity contribution in [1.29, 1.82) is 0 Å². The Morgan fingerprint density at radius 3 is 2.65 bits per heavy atom. The lowest BCUT2D eigenvalue weighted by Gasteiger charge is -2.36. The molecule has 20 heavy (non-hydrogen) atoms. The topological polar surface area (TPSA) is 19.4 Å². The number of fused-ring (bicyclic) bond motifs is 1. The third kappa shape index (κ3) is 2.50. The third-order valence-electron chi connectivity index (χ3n) is 3.73. The Labute approximate surface area is 128 Å². The minimum atomic E-state index is 0.789. The molecule has 2 aromatic rings. The summed E-state index contributed by atoms with van der Waals surface area (Å²) in [4.78, 5) is 9.48. The second kappa shape index (κ2) is 5.26. The van der Waals surface area contributed by atoms with Crippen molar-refractivity contribution in [1.82, 2.24) is 9.88 Å². The molecule has 0 saturated carbocycles. The zero-order valence-corrected chi connectivity index (χ0v) is 13.4. The summed E-state index contributed by atoms with van der Waals surface area (Å²) in [7, 11) is 0. The summed E-state index contributed by atoms with van der Waals surface area (Å²) in [6.07, 6.45) is 0. The molecule has 1 aromatic heterocycles. The van der Waals surface area contributed by atoms with Gasteiger partial charge in [-0.3, -0.25) is 0 Å². The molecule has 106 valence electrons. The fourth-order valence-electron chi connectivity index (χ4n) is 2.56. The molecule has 0 amide bonds. The zero-order valence-electron chi connectivity index (χ0n) is 11.8. The van der Waals surface area contributed by atoms with E-state index in [1.165, 1.54) is 4.70 Å². The second-order valence-corrected chi connectivity index (χ2v) is 6.72. The van der Waals surface area contributed by atoms with Crippen LogP contribution in [-0.2, 0) is 0 Å². The third-order valence-corrected chi connectivity index (χ3v) is 5.01. The monoisotopic (exact) mass is 307 g/mol. The predicted octanol–water partition coefficient (Wildman–Crippen LogP) is 3.91. The molecule has 0 N–H and O–H groups in total. The van der Waals surface area contributed by atoms with Gasteiger partial charge in [0.15, 0.2) is 5.13 Å². The number of aromatic nitrogens is 1. The molecule has 1 fully saturated rings. The molecule has 5 heteroatoms. The number of hydrogen-bond donors (Lipinski definition) is 0. The minimum absolute atomic E-state index is 0.789. The summed E-state index contributed by atoms with van der Waals surface area (Å²) in [5, 5.41) is 1.89. The maximum absolute atomic E-state index is 6.12. The van der Waals surface area contributed by atoms with Crippen LogP contribution in [0.1, 0.15) is 12.5 Å². The van der Waals surface area contributed by atoms with Gasteiger partial charge in [0.05, 0.1) is 10.2 Å². The van der Waals surface area contributed by atoms with E-state index in [9.17, 15) is 0 Å². The number of rotatable bonds is 2. The number of thiazole rings is 1. The highest BCUT2D eigenvalue weighted by molar-refractivity contribution is 7.22. The molecule has 1 aliphatic heterocycles. The first-order valence-corrected chi connectivity index (χ1v) is 7.96. The summed E-state index contributed by atoms with van der Waals surface area (Å²) in [6, 6.07) is 3.99. The highest BCUT2D eigenvalue weighted by Gasteiger charge is 2.19. The molecule has 0 unspecified atom stereocenters. The molecular formula is C15H18ClN3S. The van der Waals surface area contributed by atoms with E-state index < -0.39 is 0 Å². The number of piperazine rings is 1. The van der Waals surface area contributed by atoms with Crippen LogP contribution in [0.2, 0.25) is 5.02 Å². The molecule has 2 heterocycles. The number of anilines is 1. The standard InChI is InChI=1S/C15H18ClN3S/c1-10(2)18-4-6-19(7-5-18)15-17-14-11(3)8-12(16)9-13(14)20-15/h8-9H,1,4-7H2,2-3H3. The molecule has 0 spiro atoms. The summed E-state index contributed by atoms with van der Waals surface area (Å²) >= 11 is 7.85. The molecule has 1 aromatic carbocycles. The van der Waals surface area contributed by atoms with E-state index in [0.29, 0.717) is 0 Å². The van der Waals surface area contributed by atoms with Gasteiger partial charge in [-0.2, -0.15) is 0 Å². The van der Waals surface area contributed by atoms with Crippen LogP contribution in [0.25, 0.3) is 10.2 Å². The van der Waals surface area contributed by atoms with Crippen molar-refractivity contribution < 1.29 is 0 Å². The number of halogens is 1. The SMILES string of the molecule is C=C(C)N1CCN(c2nc3c(C)cc(Cl)cc3s2)CC1. The molecule has 0 atom stereocenters. The van der Waals surface area contributed by atoms with E-state index in [-0.39, 0.29) is 0 Å². The van der Waals surface area contributed by atoms with Crippen molar-refractivity contribution >= 4 is 38.3 Å². The van der Waals surface area contributed by atoms with Crippen LogP contribution in [0.3, 0.4) is 0 Å². The van der Waals surface area contributed by atoms with E-state index in [1.54, 1.807) is 11.3 Å². The number of allylic oxidation sites excluding steroid dienone is 1. The average molecular weight is 308 g/mol. The van der Waals surface area contributed by atoms with E-state index in [0.717, 1.165) is 53.1 Å². The molecule has 3 rings (SSSR count). The molecule has 0 bridgehead atoms. The Kier molecular flexibility index (Phi) is 3.61. The summed E-state index contributed by atoms with van der Waals surface area (Å²) in [5.41, 5.74) is 3.38. The summed E-state index contributed by atoms with van der Waals surface area (Å²) in [5.74, 6) is 0. The Balaban J connectivity index is 1.85. The molecule has 1 aliphatic rings. The van der Waals surface area contributed by atoms with Crippen LogP contribution in [0.4, 0.5) is 5.13 Å². The predicted molar refractivity (Wildman–Crippen MR) is 88.0 cm³/mol. The average Bonchev–Trinajstić information content (AvgIpc) is 2.83. The number of benzene rings is 1. The lowest BCUT2D eigenvalue weighted by molar-refractivity contribution is 0.323. The van der Waals surface area contributed by atoms with Crippen molar-refractivity contribution in [3.8, 4) is 0 Å². The Bertz CT molecular complexity index is 656. The molecule has 1 saturated heterocycles. The normalized spacial score (nSPS) is 15.9. The first-order valence-electron chi connectivity index (χ1n) is 6.76. The van der Waals surface area contributed by atoms with Gasteiger partial charge in [-0.05, 0) is 31.5 Å². The van der Waals surface area contributed by atoms with Gasteiger partial charge in [0.2, 0.25) is 0 Å². The van der Waals surface area contributed by atoms with E-state index >= 15 is 0 Å². The quantitative estimate of drug-likeness (QED) is 0.838.